The molecule has 0 N–H and O–H groups in total. The summed E-state index contributed by atoms with van der Waals surface area (Å²) < 4.78 is 4.38. The first-order chi connectivity index (χ1) is 18.3. The zero-order valence-electron chi connectivity index (χ0n) is 23.1. The van der Waals surface area contributed by atoms with Gasteiger partial charge in [0.1, 0.15) is 21.7 Å². The van der Waals surface area contributed by atoms with E-state index in [-0.39, 0.29) is 0 Å². The molecule has 2 aliphatic heterocycles. The third-order valence-corrected chi connectivity index (χ3v) is 11.2. The second-order valence-corrected chi connectivity index (χ2v) is 14.8. The normalized spacial score (nSPS) is 18.8. The van der Waals surface area contributed by atoms with Crippen LogP contribution >= 0.6 is 48.0 Å². The summed E-state index contributed by atoms with van der Waals surface area (Å²) in [6, 6.07) is 21.8. The number of hydrogen-bond acceptors (Lipinski definition) is 4. The number of thioether (sulfide) groups is 2. The molecule has 0 aromatic heterocycles. The highest BCUT2D eigenvalue weighted by Gasteiger charge is 2.31. The topological polar surface area (TPSA) is 6.48 Å². The molecule has 0 spiro atoms. The molecule has 4 rings (SSSR count). The van der Waals surface area contributed by atoms with Gasteiger partial charge in [0.2, 0.25) is 0 Å². The molecule has 0 aliphatic carbocycles. The average Bonchev–Trinajstić information content (AvgIpc) is 2.92. The first kappa shape index (κ1) is 29.8. The summed E-state index contributed by atoms with van der Waals surface area (Å²) in [6.45, 7) is 11.1. The number of thiocarbonyl (C=S) groups is 2. The fraction of sp³-hybridized carbons (Fsp3) is 0.533. The molecule has 2 aromatic rings. The van der Waals surface area contributed by atoms with Gasteiger partial charge >= 0.3 is 0 Å². The van der Waals surface area contributed by atoms with Gasteiger partial charge in [0.05, 0.1) is 66.5 Å². The van der Waals surface area contributed by atoms with E-state index in [9.17, 15) is 0 Å². The van der Waals surface area contributed by atoms with Gasteiger partial charge < -0.3 is 18.8 Å². The molecular formula is C30H44N4S4+2. The van der Waals surface area contributed by atoms with Crippen LogP contribution in [0.1, 0.15) is 24.0 Å². The Morgan fingerprint density at radius 3 is 1.32 bits per heavy atom. The van der Waals surface area contributed by atoms with Crippen LogP contribution in [0.4, 0.5) is 0 Å². The van der Waals surface area contributed by atoms with E-state index in [1.807, 2.05) is 23.5 Å². The maximum Gasteiger partial charge on any atom is 0.136 e. The van der Waals surface area contributed by atoms with Gasteiger partial charge in [-0.2, -0.15) is 0 Å². The molecule has 0 bridgehead atoms. The van der Waals surface area contributed by atoms with Crippen molar-refractivity contribution in [2.45, 2.75) is 25.9 Å². The number of unbranched alkanes of at least 4 members (excludes halogenated alkanes) is 1. The molecule has 0 amide bonds. The van der Waals surface area contributed by atoms with Gasteiger partial charge in [-0.3, -0.25) is 0 Å². The van der Waals surface area contributed by atoms with E-state index < -0.39 is 0 Å². The minimum Gasteiger partial charge on any atom is -0.346 e. The Bertz CT molecular complexity index is 934. The first-order valence-electron chi connectivity index (χ1n) is 13.9. The van der Waals surface area contributed by atoms with E-state index in [4.69, 9.17) is 24.4 Å². The van der Waals surface area contributed by atoms with Crippen LogP contribution in [0.5, 0.6) is 0 Å². The third-order valence-electron chi connectivity index (χ3n) is 7.96. The van der Waals surface area contributed by atoms with Crippen molar-refractivity contribution < 1.29 is 8.97 Å². The number of piperazine rings is 2. The Hall–Kier alpha value is -1.16. The molecule has 2 aliphatic rings. The number of likely N-dealkylation sites (N-methyl/N-ethyl adjacent to an activating group) is 2. The van der Waals surface area contributed by atoms with E-state index in [0.717, 1.165) is 94.6 Å². The Morgan fingerprint density at radius 2 is 0.974 bits per heavy atom. The predicted octanol–water partition coefficient (Wildman–Crippen LogP) is 5.73. The predicted molar refractivity (Wildman–Crippen MR) is 175 cm³/mol. The maximum absolute atomic E-state index is 5.79. The Morgan fingerprint density at radius 1 is 0.632 bits per heavy atom. The van der Waals surface area contributed by atoms with Gasteiger partial charge in [-0.1, -0.05) is 109 Å². The van der Waals surface area contributed by atoms with Crippen molar-refractivity contribution in [3.63, 3.8) is 0 Å². The standard InChI is InChI=1S/C30H44N4S4/c1-33(25-27-11-5-3-6-12-27)19-15-31(16-20-33)29(35)37-23-9-10-24-38-30(36)32-17-21-34(2,22-18-32)26-28-13-7-4-8-14-28/h3-8,11-14H,9-10,15-26H2,1-2H3/q+2. The van der Waals surface area contributed by atoms with Gasteiger partial charge in [0.25, 0.3) is 0 Å². The van der Waals surface area contributed by atoms with Crippen molar-refractivity contribution in [2.24, 2.45) is 0 Å². The summed E-state index contributed by atoms with van der Waals surface area (Å²) in [5.41, 5.74) is 2.86. The SMILES string of the molecule is C[N+]1(Cc2ccccc2)CCN(C(=S)SCCCCSC(=S)N2CC[N+](C)(Cc3ccccc3)CC2)CC1. The van der Waals surface area contributed by atoms with Crippen LogP contribution in [-0.4, -0.2) is 105 Å². The molecule has 0 unspecified atom stereocenters. The zero-order valence-corrected chi connectivity index (χ0v) is 26.4. The largest absolute Gasteiger partial charge is 0.346 e. The molecular weight excluding hydrogens is 545 g/mol. The van der Waals surface area contributed by atoms with E-state index in [2.05, 4.69) is 84.6 Å². The summed E-state index contributed by atoms with van der Waals surface area (Å²) in [7, 11) is 4.77. The molecule has 8 heteroatoms. The molecule has 2 fully saturated rings. The number of quaternary nitrogens is 2. The van der Waals surface area contributed by atoms with Crippen LogP contribution in [0.15, 0.2) is 60.7 Å². The highest BCUT2D eigenvalue weighted by atomic mass is 32.2. The van der Waals surface area contributed by atoms with E-state index in [0.29, 0.717) is 0 Å². The van der Waals surface area contributed by atoms with Crippen LogP contribution < -0.4 is 0 Å². The molecule has 4 nitrogen and oxygen atoms in total. The summed E-state index contributed by atoms with van der Waals surface area (Å²) in [4.78, 5) is 4.85. The summed E-state index contributed by atoms with van der Waals surface area (Å²) in [5, 5.41) is 0. The average molecular weight is 589 g/mol. The molecule has 206 valence electrons. The molecule has 2 aromatic carbocycles. The van der Waals surface area contributed by atoms with Crippen molar-refractivity contribution in [2.75, 3.05) is 78.0 Å². The van der Waals surface area contributed by atoms with E-state index in [1.165, 1.54) is 24.0 Å². The minimum atomic E-state index is 1.07. The van der Waals surface area contributed by atoms with Gasteiger partial charge in [-0.25, -0.2) is 0 Å². The second-order valence-electron chi connectivity index (χ2n) is 11.3. The van der Waals surface area contributed by atoms with Gasteiger partial charge in [-0.15, -0.1) is 0 Å². The number of hydrogen-bond donors (Lipinski definition) is 0. The molecule has 38 heavy (non-hydrogen) atoms. The minimum absolute atomic E-state index is 1.07. The smallest absolute Gasteiger partial charge is 0.136 e. The lowest BCUT2D eigenvalue weighted by Gasteiger charge is -2.42. The summed E-state index contributed by atoms with van der Waals surface area (Å²) >= 11 is 15.3. The van der Waals surface area contributed by atoms with Gasteiger partial charge in [-0.05, 0) is 12.8 Å². The van der Waals surface area contributed by atoms with Crippen LogP contribution in [-0.2, 0) is 13.1 Å². The quantitative estimate of drug-likeness (QED) is 0.208. The van der Waals surface area contributed by atoms with Crippen molar-refractivity contribution >= 4 is 56.6 Å². The number of benzene rings is 2. The lowest BCUT2D eigenvalue weighted by Crippen LogP contribution is -2.57. The van der Waals surface area contributed by atoms with Crippen molar-refractivity contribution in [3.05, 3.63) is 71.8 Å². The van der Waals surface area contributed by atoms with E-state index in [1.54, 1.807) is 0 Å². The van der Waals surface area contributed by atoms with Crippen LogP contribution in [0, 0.1) is 0 Å². The van der Waals surface area contributed by atoms with Crippen LogP contribution in [0.25, 0.3) is 0 Å². The maximum atomic E-state index is 5.79. The fourth-order valence-corrected chi connectivity index (χ4v) is 7.97. The Labute approximate surface area is 249 Å². The van der Waals surface area contributed by atoms with Gasteiger partial charge in [0.15, 0.2) is 0 Å². The highest BCUT2D eigenvalue weighted by Crippen LogP contribution is 2.22. The van der Waals surface area contributed by atoms with Crippen LogP contribution in [0.3, 0.4) is 0 Å². The second kappa shape index (κ2) is 14.5. The lowest BCUT2D eigenvalue weighted by atomic mass is 10.1. The molecule has 2 saturated heterocycles. The summed E-state index contributed by atoms with van der Waals surface area (Å²) in [5.74, 6) is 2.22. The molecule has 2 heterocycles. The van der Waals surface area contributed by atoms with Crippen LogP contribution in [0.2, 0.25) is 0 Å². The molecule has 0 saturated carbocycles. The van der Waals surface area contributed by atoms with Crippen molar-refractivity contribution in [1.29, 1.82) is 0 Å². The van der Waals surface area contributed by atoms with E-state index >= 15 is 0 Å². The number of rotatable bonds is 9. The highest BCUT2D eigenvalue weighted by molar-refractivity contribution is 8.23. The fourth-order valence-electron chi connectivity index (χ4n) is 5.33. The van der Waals surface area contributed by atoms with Crippen molar-refractivity contribution in [1.82, 2.24) is 9.80 Å². The Balaban J connectivity index is 1.05. The molecule has 0 atom stereocenters. The zero-order chi connectivity index (χ0) is 26.8. The Kier molecular flexibility index (Phi) is 11.3. The lowest BCUT2D eigenvalue weighted by molar-refractivity contribution is -0.925. The number of nitrogens with zero attached hydrogens (tertiary/aromatic N) is 4. The summed E-state index contributed by atoms with van der Waals surface area (Å²) in [6.07, 6.45) is 2.39. The molecule has 0 radical (unpaired) electrons. The van der Waals surface area contributed by atoms with Gasteiger partial charge in [0, 0.05) is 22.6 Å². The monoisotopic (exact) mass is 588 g/mol. The third kappa shape index (κ3) is 9.20. The first-order valence-corrected chi connectivity index (χ1v) is 16.7. The van der Waals surface area contributed by atoms with Crippen molar-refractivity contribution in [3.8, 4) is 0 Å².